The Balaban J connectivity index is 0.00000243. The van der Waals surface area contributed by atoms with Crippen molar-refractivity contribution in [1.82, 2.24) is 15.5 Å². The fraction of sp³-hybridized carbons (Fsp3) is 0.579. The number of amides is 2. The van der Waals surface area contributed by atoms with Crippen molar-refractivity contribution in [3.05, 3.63) is 29.8 Å². The maximum absolute atomic E-state index is 12.8. The second-order valence-electron chi connectivity index (χ2n) is 6.91. The van der Waals surface area contributed by atoms with Gasteiger partial charge in [0.15, 0.2) is 0 Å². The van der Waals surface area contributed by atoms with Crippen LogP contribution in [0.25, 0.3) is 0 Å². The number of ether oxygens (including phenoxy) is 1. The number of carbonyl (C=O) groups excluding carboxylic acids is 2. The summed E-state index contributed by atoms with van der Waals surface area (Å²) in [6, 6.07) is 7.23. The zero-order valence-electron chi connectivity index (χ0n) is 15.4. The number of benzene rings is 1. The van der Waals surface area contributed by atoms with E-state index in [4.69, 9.17) is 4.74 Å². The molecule has 0 aromatic heterocycles. The van der Waals surface area contributed by atoms with Gasteiger partial charge >= 0.3 is 0 Å². The molecule has 0 radical (unpaired) electrons. The molecule has 2 saturated heterocycles. The summed E-state index contributed by atoms with van der Waals surface area (Å²) < 4.78 is 5.68. The van der Waals surface area contributed by atoms with Gasteiger partial charge in [-0.25, -0.2) is 0 Å². The van der Waals surface area contributed by atoms with E-state index in [-0.39, 0.29) is 36.7 Å². The van der Waals surface area contributed by atoms with Crippen LogP contribution >= 0.6 is 12.4 Å². The average Bonchev–Trinajstić information content (AvgIpc) is 3.16. The number of hydrogen-bond acceptors (Lipinski definition) is 4. The van der Waals surface area contributed by atoms with Crippen LogP contribution in [-0.2, 0) is 9.59 Å². The predicted octanol–water partition coefficient (Wildman–Crippen LogP) is 1.75. The molecule has 2 aliphatic heterocycles. The maximum Gasteiger partial charge on any atom is 0.225 e. The lowest BCUT2D eigenvalue weighted by Gasteiger charge is -2.24. The Bertz CT molecular complexity index is 628. The van der Waals surface area contributed by atoms with Crippen LogP contribution in [0.4, 0.5) is 0 Å². The van der Waals surface area contributed by atoms with Crippen molar-refractivity contribution in [1.29, 1.82) is 0 Å². The molecule has 7 heteroatoms. The highest BCUT2D eigenvalue weighted by molar-refractivity contribution is 5.85. The molecule has 3 atom stereocenters. The molecule has 2 amide bonds. The minimum absolute atomic E-state index is 0. The van der Waals surface area contributed by atoms with E-state index in [9.17, 15) is 9.59 Å². The summed E-state index contributed by atoms with van der Waals surface area (Å²) >= 11 is 0. The number of para-hydroxylation sites is 1. The highest BCUT2D eigenvalue weighted by Crippen LogP contribution is 2.31. The van der Waals surface area contributed by atoms with Crippen LogP contribution in [0.15, 0.2) is 24.3 Å². The molecule has 1 aromatic rings. The SMILES string of the molecule is CCOc1ccccc1C(CC(=O)N1C[C@H]2CNC[C@H]2C1)NC(C)=O.Cl. The lowest BCUT2D eigenvalue weighted by atomic mass is 10.0. The van der Waals surface area contributed by atoms with E-state index in [2.05, 4.69) is 10.6 Å². The zero-order chi connectivity index (χ0) is 17.8. The van der Waals surface area contributed by atoms with Crippen LogP contribution < -0.4 is 15.4 Å². The Hall–Kier alpha value is -1.79. The van der Waals surface area contributed by atoms with Gasteiger partial charge in [0, 0.05) is 38.7 Å². The molecule has 0 saturated carbocycles. The Morgan fingerprint density at radius 3 is 2.54 bits per heavy atom. The van der Waals surface area contributed by atoms with Crippen molar-refractivity contribution < 1.29 is 14.3 Å². The monoisotopic (exact) mass is 381 g/mol. The summed E-state index contributed by atoms with van der Waals surface area (Å²) in [6.07, 6.45) is 0.260. The number of likely N-dealkylation sites (tertiary alicyclic amines) is 1. The van der Waals surface area contributed by atoms with Crippen LogP contribution in [0.3, 0.4) is 0 Å². The van der Waals surface area contributed by atoms with Crippen LogP contribution in [0.1, 0.15) is 31.9 Å². The van der Waals surface area contributed by atoms with Crippen molar-refractivity contribution in [2.24, 2.45) is 11.8 Å². The maximum atomic E-state index is 12.8. The second kappa shape index (κ2) is 9.24. The summed E-state index contributed by atoms with van der Waals surface area (Å²) in [6.45, 7) is 7.57. The van der Waals surface area contributed by atoms with Gasteiger partial charge in [0.05, 0.1) is 19.1 Å². The smallest absolute Gasteiger partial charge is 0.225 e. The fourth-order valence-electron chi connectivity index (χ4n) is 3.90. The Kier molecular flexibility index (Phi) is 7.29. The summed E-state index contributed by atoms with van der Waals surface area (Å²) in [5.74, 6) is 1.81. The highest BCUT2D eigenvalue weighted by atomic mass is 35.5. The van der Waals surface area contributed by atoms with Crippen molar-refractivity contribution in [2.75, 3.05) is 32.8 Å². The quantitative estimate of drug-likeness (QED) is 0.787. The molecule has 1 unspecified atom stereocenters. The molecule has 0 spiro atoms. The predicted molar refractivity (Wildman–Crippen MR) is 102 cm³/mol. The van der Waals surface area contributed by atoms with Crippen molar-refractivity contribution in [3.63, 3.8) is 0 Å². The number of hydrogen-bond donors (Lipinski definition) is 2. The molecule has 3 rings (SSSR count). The third-order valence-electron chi connectivity index (χ3n) is 5.09. The molecular weight excluding hydrogens is 354 g/mol. The average molecular weight is 382 g/mol. The van der Waals surface area contributed by atoms with Gasteiger partial charge in [-0.05, 0) is 24.8 Å². The molecule has 2 heterocycles. The lowest BCUT2D eigenvalue weighted by Crippen LogP contribution is -2.36. The van der Waals surface area contributed by atoms with E-state index in [0.29, 0.717) is 18.4 Å². The first-order valence-electron chi connectivity index (χ1n) is 9.05. The highest BCUT2D eigenvalue weighted by Gasteiger charge is 2.38. The molecule has 2 N–H and O–H groups in total. The van der Waals surface area contributed by atoms with E-state index in [1.54, 1.807) is 0 Å². The molecular formula is C19H28ClN3O3. The van der Waals surface area contributed by atoms with Gasteiger partial charge in [-0.15, -0.1) is 12.4 Å². The van der Waals surface area contributed by atoms with Crippen molar-refractivity contribution in [2.45, 2.75) is 26.3 Å². The molecule has 0 aliphatic carbocycles. The lowest BCUT2D eigenvalue weighted by molar-refractivity contribution is -0.131. The molecule has 1 aromatic carbocycles. The van der Waals surface area contributed by atoms with Gasteiger partial charge in [-0.2, -0.15) is 0 Å². The standard InChI is InChI=1S/C19H27N3O3.ClH/c1-3-25-18-7-5-4-6-16(18)17(21-13(2)23)8-19(24)22-11-14-9-20-10-15(14)12-22;/h4-7,14-15,17,20H,3,8-12H2,1-2H3,(H,21,23);1H/t14-,15+,17?;. The van der Waals surface area contributed by atoms with Gasteiger partial charge in [-0.3, -0.25) is 9.59 Å². The van der Waals surface area contributed by atoms with Crippen LogP contribution in [0.5, 0.6) is 5.75 Å². The van der Waals surface area contributed by atoms with E-state index in [1.807, 2.05) is 36.1 Å². The van der Waals surface area contributed by atoms with Gasteiger partial charge in [0.2, 0.25) is 11.8 Å². The molecule has 2 aliphatic rings. The molecule has 6 nitrogen and oxygen atoms in total. The number of rotatable bonds is 6. The summed E-state index contributed by atoms with van der Waals surface area (Å²) in [4.78, 5) is 26.5. The van der Waals surface area contributed by atoms with Gasteiger partial charge in [0.1, 0.15) is 5.75 Å². The van der Waals surface area contributed by atoms with E-state index in [0.717, 1.165) is 37.5 Å². The number of fused-ring (bicyclic) bond motifs is 1. The topological polar surface area (TPSA) is 70.7 Å². The first-order valence-corrected chi connectivity index (χ1v) is 9.05. The third-order valence-corrected chi connectivity index (χ3v) is 5.09. The van der Waals surface area contributed by atoms with E-state index < -0.39 is 0 Å². The Morgan fingerprint density at radius 1 is 1.27 bits per heavy atom. The van der Waals surface area contributed by atoms with Crippen molar-refractivity contribution in [3.8, 4) is 5.75 Å². The number of halogens is 1. The first-order chi connectivity index (χ1) is 12.1. The third kappa shape index (κ3) is 4.68. The molecule has 144 valence electrons. The minimum atomic E-state index is -0.369. The van der Waals surface area contributed by atoms with Crippen molar-refractivity contribution >= 4 is 24.2 Å². The zero-order valence-corrected chi connectivity index (χ0v) is 16.2. The number of carbonyl (C=O) groups is 2. The summed E-state index contributed by atoms with van der Waals surface area (Å²) in [5.41, 5.74) is 0.856. The summed E-state index contributed by atoms with van der Waals surface area (Å²) in [7, 11) is 0. The van der Waals surface area contributed by atoms with Crippen LogP contribution in [-0.4, -0.2) is 49.5 Å². The molecule has 26 heavy (non-hydrogen) atoms. The van der Waals surface area contributed by atoms with Gasteiger partial charge in [-0.1, -0.05) is 18.2 Å². The Labute approximate surface area is 161 Å². The normalized spacial score (nSPS) is 22.3. The minimum Gasteiger partial charge on any atom is -0.494 e. The largest absolute Gasteiger partial charge is 0.494 e. The Morgan fingerprint density at radius 2 is 1.92 bits per heavy atom. The number of nitrogens with one attached hydrogen (secondary N) is 2. The molecule has 0 bridgehead atoms. The number of nitrogens with zero attached hydrogens (tertiary/aromatic N) is 1. The van der Waals surface area contributed by atoms with E-state index in [1.165, 1.54) is 6.92 Å². The van der Waals surface area contributed by atoms with Gasteiger partial charge < -0.3 is 20.3 Å². The fourth-order valence-corrected chi connectivity index (χ4v) is 3.90. The summed E-state index contributed by atoms with van der Waals surface area (Å²) in [5, 5.41) is 6.31. The van der Waals surface area contributed by atoms with Crippen LogP contribution in [0, 0.1) is 11.8 Å². The second-order valence-corrected chi connectivity index (χ2v) is 6.91. The van der Waals surface area contributed by atoms with Gasteiger partial charge in [0.25, 0.3) is 0 Å². The van der Waals surface area contributed by atoms with E-state index >= 15 is 0 Å². The molecule has 2 fully saturated rings. The first kappa shape index (κ1) is 20.5. The van der Waals surface area contributed by atoms with Crippen LogP contribution in [0.2, 0.25) is 0 Å².